The molecule has 1 fully saturated rings. The number of carbonyl (C=O) groups is 2. The van der Waals surface area contributed by atoms with Crippen LogP contribution in [0.3, 0.4) is 0 Å². The molecule has 2 aromatic heterocycles. The molecule has 0 radical (unpaired) electrons. The number of aromatic amines is 1. The van der Waals surface area contributed by atoms with Crippen LogP contribution in [0.5, 0.6) is 0 Å². The molecule has 0 aliphatic carbocycles. The van der Waals surface area contributed by atoms with Crippen molar-refractivity contribution in [1.29, 1.82) is 0 Å². The second-order valence-corrected chi connectivity index (χ2v) is 8.38. The monoisotopic (exact) mass is 411 g/mol. The van der Waals surface area contributed by atoms with Crippen molar-refractivity contribution in [1.82, 2.24) is 25.5 Å². The number of hydrogen-bond donors (Lipinski definition) is 3. The molecule has 1 aliphatic heterocycles. The highest BCUT2D eigenvalue weighted by molar-refractivity contribution is 7.08. The van der Waals surface area contributed by atoms with Gasteiger partial charge in [-0.05, 0) is 43.5 Å². The SMILES string of the molecule is CN1C[C@@H](NC(=O)c2ccsc2)CC[C@@H](C(=O)NCc2nc3ccccc3[nH]2)C1. The van der Waals surface area contributed by atoms with Crippen molar-refractivity contribution in [3.8, 4) is 0 Å². The van der Waals surface area contributed by atoms with Gasteiger partial charge in [-0.2, -0.15) is 11.3 Å². The van der Waals surface area contributed by atoms with Gasteiger partial charge in [-0.15, -0.1) is 0 Å². The van der Waals surface area contributed by atoms with E-state index in [-0.39, 0.29) is 23.8 Å². The number of thiophene rings is 1. The first-order valence-corrected chi connectivity index (χ1v) is 10.8. The van der Waals surface area contributed by atoms with Gasteiger partial charge in [0.1, 0.15) is 5.82 Å². The molecule has 2 amide bonds. The lowest BCUT2D eigenvalue weighted by Gasteiger charge is -2.21. The summed E-state index contributed by atoms with van der Waals surface area (Å²) < 4.78 is 0. The Morgan fingerprint density at radius 2 is 2.10 bits per heavy atom. The van der Waals surface area contributed by atoms with Crippen molar-refractivity contribution in [3.63, 3.8) is 0 Å². The van der Waals surface area contributed by atoms with Gasteiger partial charge in [0.2, 0.25) is 5.91 Å². The minimum absolute atomic E-state index is 0.0297. The summed E-state index contributed by atoms with van der Waals surface area (Å²) >= 11 is 1.51. The third kappa shape index (κ3) is 4.83. The van der Waals surface area contributed by atoms with E-state index in [1.807, 2.05) is 48.1 Å². The molecule has 1 aliphatic rings. The summed E-state index contributed by atoms with van der Waals surface area (Å²) in [4.78, 5) is 34.9. The highest BCUT2D eigenvalue weighted by Gasteiger charge is 2.27. The number of imidazole rings is 1. The first-order valence-electron chi connectivity index (χ1n) is 9.81. The second kappa shape index (κ2) is 8.75. The molecular weight excluding hydrogens is 386 g/mol. The van der Waals surface area contributed by atoms with E-state index in [9.17, 15) is 9.59 Å². The van der Waals surface area contributed by atoms with E-state index in [1.165, 1.54) is 11.3 Å². The molecule has 2 atom stereocenters. The lowest BCUT2D eigenvalue weighted by molar-refractivity contribution is -0.125. The summed E-state index contributed by atoms with van der Waals surface area (Å²) in [5.41, 5.74) is 2.56. The van der Waals surface area contributed by atoms with Crippen molar-refractivity contribution in [2.45, 2.75) is 25.4 Å². The maximum Gasteiger partial charge on any atom is 0.252 e. The van der Waals surface area contributed by atoms with E-state index in [0.29, 0.717) is 18.7 Å². The van der Waals surface area contributed by atoms with Gasteiger partial charge in [0.25, 0.3) is 5.91 Å². The Bertz CT molecular complexity index is 951. The predicted octanol–water partition coefficient (Wildman–Crippen LogP) is 2.38. The zero-order chi connectivity index (χ0) is 20.2. The molecule has 29 heavy (non-hydrogen) atoms. The number of benzene rings is 1. The fraction of sp³-hybridized carbons (Fsp3) is 0.381. The summed E-state index contributed by atoms with van der Waals surface area (Å²) in [5, 5.41) is 9.86. The van der Waals surface area contributed by atoms with Gasteiger partial charge in [-0.3, -0.25) is 9.59 Å². The molecule has 4 rings (SSSR count). The fourth-order valence-corrected chi connectivity index (χ4v) is 4.45. The van der Waals surface area contributed by atoms with E-state index in [4.69, 9.17) is 0 Å². The van der Waals surface area contributed by atoms with Crippen LogP contribution >= 0.6 is 11.3 Å². The Labute approximate surface area is 173 Å². The third-order valence-corrected chi connectivity index (χ3v) is 5.97. The first-order chi connectivity index (χ1) is 14.1. The van der Waals surface area contributed by atoms with Gasteiger partial charge in [0.15, 0.2) is 0 Å². The van der Waals surface area contributed by atoms with Crippen LogP contribution in [-0.4, -0.2) is 52.9 Å². The second-order valence-electron chi connectivity index (χ2n) is 7.60. The van der Waals surface area contributed by atoms with Crippen molar-refractivity contribution in [3.05, 3.63) is 52.5 Å². The van der Waals surface area contributed by atoms with Crippen LogP contribution in [0.2, 0.25) is 0 Å². The molecule has 0 spiro atoms. The van der Waals surface area contributed by atoms with Crippen LogP contribution in [-0.2, 0) is 11.3 Å². The average Bonchev–Trinajstić information content (AvgIpc) is 3.34. The average molecular weight is 412 g/mol. The molecule has 8 heteroatoms. The minimum Gasteiger partial charge on any atom is -0.349 e. The van der Waals surface area contributed by atoms with Gasteiger partial charge in [-0.25, -0.2) is 4.98 Å². The van der Waals surface area contributed by atoms with Crippen molar-refractivity contribution in [2.75, 3.05) is 20.1 Å². The Morgan fingerprint density at radius 3 is 2.90 bits per heavy atom. The summed E-state index contributed by atoms with van der Waals surface area (Å²) in [7, 11) is 1.99. The molecule has 0 bridgehead atoms. The number of nitrogens with zero attached hydrogens (tertiary/aromatic N) is 2. The summed E-state index contributed by atoms with van der Waals surface area (Å²) in [6, 6.07) is 9.69. The van der Waals surface area contributed by atoms with Crippen LogP contribution in [0.25, 0.3) is 11.0 Å². The Balaban J connectivity index is 1.31. The van der Waals surface area contributed by atoms with E-state index in [0.717, 1.165) is 36.2 Å². The number of carbonyl (C=O) groups excluding carboxylic acids is 2. The van der Waals surface area contributed by atoms with Crippen molar-refractivity contribution >= 4 is 34.2 Å². The largest absolute Gasteiger partial charge is 0.349 e. The number of aromatic nitrogens is 2. The normalized spacial score (nSPS) is 20.3. The van der Waals surface area contributed by atoms with E-state index < -0.39 is 0 Å². The van der Waals surface area contributed by atoms with Gasteiger partial charge in [-0.1, -0.05) is 12.1 Å². The highest BCUT2D eigenvalue weighted by atomic mass is 32.1. The van der Waals surface area contributed by atoms with Crippen LogP contribution in [0.1, 0.15) is 29.0 Å². The number of H-pyrrole nitrogens is 1. The third-order valence-electron chi connectivity index (χ3n) is 5.29. The topological polar surface area (TPSA) is 90.1 Å². The maximum absolute atomic E-state index is 12.7. The molecule has 3 N–H and O–H groups in total. The van der Waals surface area contributed by atoms with Crippen LogP contribution in [0.4, 0.5) is 0 Å². The number of likely N-dealkylation sites (N-methyl/N-ethyl adjacent to an activating group) is 1. The smallest absolute Gasteiger partial charge is 0.252 e. The predicted molar refractivity (Wildman–Crippen MR) is 114 cm³/mol. The maximum atomic E-state index is 12.7. The number of para-hydroxylation sites is 2. The number of hydrogen-bond acceptors (Lipinski definition) is 5. The molecule has 0 saturated carbocycles. The van der Waals surface area contributed by atoms with E-state index >= 15 is 0 Å². The minimum atomic E-state index is -0.104. The highest BCUT2D eigenvalue weighted by Crippen LogP contribution is 2.18. The fourth-order valence-electron chi connectivity index (χ4n) is 3.81. The molecule has 3 aromatic rings. The Hall–Kier alpha value is -2.71. The number of amides is 2. The first kappa shape index (κ1) is 19.6. The Kier molecular flexibility index (Phi) is 5.92. The standard InChI is InChI=1S/C21H25N5O2S/c1-26-11-14(6-7-16(12-26)23-21(28)15-8-9-29-13-15)20(27)22-10-19-24-17-4-2-3-5-18(17)25-19/h2-5,8-9,13-14,16H,6-7,10-12H2,1H3,(H,22,27)(H,23,28)(H,24,25)/t14-,16+/m1/s1. The quantitative estimate of drug-likeness (QED) is 0.601. The number of likely N-dealkylation sites (tertiary alicyclic amines) is 1. The molecule has 0 unspecified atom stereocenters. The van der Waals surface area contributed by atoms with Crippen LogP contribution in [0.15, 0.2) is 41.1 Å². The van der Waals surface area contributed by atoms with Gasteiger partial charge in [0.05, 0.1) is 23.5 Å². The molecule has 152 valence electrons. The van der Waals surface area contributed by atoms with Gasteiger partial charge >= 0.3 is 0 Å². The molecule has 1 aromatic carbocycles. The molecular formula is C21H25N5O2S. The van der Waals surface area contributed by atoms with E-state index in [2.05, 4.69) is 25.5 Å². The summed E-state index contributed by atoms with van der Waals surface area (Å²) in [6.45, 7) is 1.80. The van der Waals surface area contributed by atoms with Crippen molar-refractivity contribution in [2.24, 2.45) is 5.92 Å². The number of rotatable bonds is 5. The number of nitrogens with one attached hydrogen (secondary N) is 3. The van der Waals surface area contributed by atoms with Gasteiger partial charge in [0, 0.05) is 30.1 Å². The molecule has 3 heterocycles. The molecule has 1 saturated heterocycles. The zero-order valence-electron chi connectivity index (χ0n) is 16.4. The molecule has 7 nitrogen and oxygen atoms in total. The van der Waals surface area contributed by atoms with Crippen LogP contribution < -0.4 is 10.6 Å². The summed E-state index contributed by atoms with van der Waals surface area (Å²) in [6.07, 6.45) is 1.52. The van der Waals surface area contributed by atoms with E-state index in [1.54, 1.807) is 0 Å². The number of fused-ring (bicyclic) bond motifs is 1. The van der Waals surface area contributed by atoms with Gasteiger partial charge < -0.3 is 20.5 Å². The zero-order valence-corrected chi connectivity index (χ0v) is 17.2. The summed E-state index contributed by atoms with van der Waals surface area (Å²) in [5.74, 6) is 0.634. The van der Waals surface area contributed by atoms with Crippen LogP contribution in [0, 0.1) is 5.92 Å². The Morgan fingerprint density at radius 1 is 1.24 bits per heavy atom. The van der Waals surface area contributed by atoms with Crippen molar-refractivity contribution < 1.29 is 9.59 Å². The lowest BCUT2D eigenvalue weighted by Crippen LogP contribution is -2.41. The lowest BCUT2D eigenvalue weighted by atomic mass is 10.0.